The maximum atomic E-state index is 12.1. The molecule has 0 atom stereocenters. The highest BCUT2D eigenvalue weighted by atomic mass is 16.2. The molecule has 3 aromatic rings. The fraction of sp³-hybridized carbons (Fsp3) is 0.227. The van der Waals surface area contributed by atoms with E-state index in [2.05, 4.69) is 15.6 Å². The van der Waals surface area contributed by atoms with Crippen molar-refractivity contribution in [2.75, 3.05) is 11.9 Å². The first-order valence-corrected chi connectivity index (χ1v) is 9.27. The number of carbonyl (C=O) groups is 2. The highest BCUT2D eigenvalue weighted by Crippen LogP contribution is 2.17. The third-order valence-electron chi connectivity index (χ3n) is 4.45. The molecule has 6 nitrogen and oxygen atoms in total. The van der Waals surface area contributed by atoms with Crippen LogP contribution in [0.2, 0.25) is 0 Å². The Morgan fingerprint density at radius 1 is 1.04 bits per heavy atom. The SMILES string of the molecule is Cc1ccc(NC(=O)C(=O)NCCCn2ccnc2-c2ccccc2)c(C)c1. The van der Waals surface area contributed by atoms with E-state index >= 15 is 0 Å². The predicted octanol–water partition coefficient (Wildman–Crippen LogP) is 3.31. The summed E-state index contributed by atoms with van der Waals surface area (Å²) in [4.78, 5) is 28.5. The zero-order valence-electron chi connectivity index (χ0n) is 16.1. The van der Waals surface area contributed by atoms with Crippen LogP contribution in [0, 0.1) is 13.8 Å². The number of anilines is 1. The van der Waals surface area contributed by atoms with E-state index in [0.29, 0.717) is 25.2 Å². The molecule has 28 heavy (non-hydrogen) atoms. The van der Waals surface area contributed by atoms with Crippen molar-refractivity contribution in [1.29, 1.82) is 0 Å². The summed E-state index contributed by atoms with van der Waals surface area (Å²) >= 11 is 0. The fourth-order valence-electron chi connectivity index (χ4n) is 3.00. The van der Waals surface area contributed by atoms with Crippen LogP contribution in [-0.2, 0) is 16.1 Å². The largest absolute Gasteiger partial charge is 0.348 e. The second-order valence-electron chi connectivity index (χ2n) is 6.69. The van der Waals surface area contributed by atoms with Crippen LogP contribution in [0.25, 0.3) is 11.4 Å². The average molecular weight is 376 g/mol. The number of nitrogens with one attached hydrogen (secondary N) is 2. The molecule has 1 aromatic heterocycles. The van der Waals surface area contributed by atoms with Gasteiger partial charge in [-0.2, -0.15) is 0 Å². The van der Waals surface area contributed by atoms with E-state index < -0.39 is 11.8 Å². The zero-order chi connectivity index (χ0) is 19.9. The smallest absolute Gasteiger partial charge is 0.313 e. The molecule has 0 aliphatic heterocycles. The molecule has 1 heterocycles. The van der Waals surface area contributed by atoms with E-state index in [9.17, 15) is 9.59 Å². The summed E-state index contributed by atoms with van der Waals surface area (Å²) < 4.78 is 2.04. The van der Waals surface area contributed by atoms with Gasteiger partial charge in [0.15, 0.2) is 0 Å². The number of nitrogens with zero attached hydrogens (tertiary/aromatic N) is 2. The summed E-state index contributed by atoms with van der Waals surface area (Å²) in [6.45, 7) is 4.99. The van der Waals surface area contributed by atoms with Crippen LogP contribution in [0.3, 0.4) is 0 Å². The summed E-state index contributed by atoms with van der Waals surface area (Å²) in [5, 5.41) is 5.33. The van der Waals surface area contributed by atoms with Gasteiger partial charge in [-0.05, 0) is 31.9 Å². The summed E-state index contributed by atoms with van der Waals surface area (Å²) in [6, 6.07) is 15.6. The van der Waals surface area contributed by atoms with Gasteiger partial charge in [0.25, 0.3) is 0 Å². The number of amides is 2. The predicted molar refractivity (Wildman–Crippen MR) is 110 cm³/mol. The molecular weight excluding hydrogens is 352 g/mol. The van der Waals surface area contributed by atoms with Gasteiger partial charge >= 0.3 is 11.8 Å². The van der Waals surface area contributed by atoms with Crippen molar-refractivity contribution in [3.05, 3.63) is 72.1 Å². The van der Waals surface area contributed by atoms with Crippen molar-refractivity contribution >= 4 is 17.5 Å². The van der Waals surface area contributed by atoms with Crippen LogP contribution in [0.1, 0.15) is 17.5 Å². The Bertz CT molecular complexity index is 964. The molecule has 0 fully saturated rings. The molecule has 0 aliphatic carbocycles. The van der Waals surface area contributed by atoms with Gasteiger partial charge in [0, 0.05) is 36.7 Å². The molecule has 2 N–H and O–H groups in total. The molecule has 0 radical (unpaired) electrons. The fourth-order valence-corrected chi connectivity index (χ4v) is 3.00. The minimum absolute atomic E-state index is 0.408. The molecule has 0 aliphatic rings. The van der Waals surface area contributed by atoms with Crippen LogP contribution < -0.4 is 10.6 Å². The van der Waals surface area contributed by atoms with E-state index in [-0.39, 0.29) is 0 Å². The van der Waals surface area contributed by atoms with E-state index in [0.717, 1.165) is 22.5 Å². The zero-order valence-corrected chi connectivity index (χ0v) is 16.1. The molecule has 144 valence electrons. The Morgan fingerprint density at radius 2 is 1.82 bits per heavy atom. The Hall–Kier alpha value is -3.41. The molecule has 0 saturated heterocycles. The first-order chi connectivity index (χ1) is 13.5. The molecule has 0 unspecified atom stereocenters. The van der Waals surface area contributed by atoms with Crippen molar-refractivity contribution in [2.24, 2.45) is 0 Å². The van der Waals surface area contributed by atoms with Crippen molar-refractivity contribution in [3.63, 3.8) is 0 Å². The monoisotopic (exact) mass is 376 g/mol. The Balaban J connectivity index is 1.47. The van der Waals surface area contributed by atoms with E-state index in [4.69, 9.17) is 0 Å². The van der Waals surface area contributed by atoms with Gasteiger partial charge in [-0.25, -0.2) is 4.98 Å². The lowest BCUT2D eigenvalue weighted by atomic mass is 10.1. The van der Waals surface area contributed by atoms with Crippen molar-refractivity contribution in [1.82, 2.24) is 14.9 Å². The highest BCUT2D eigenvalue weighted by molar-refractivity contribution is 6.39. The third-order valence-corrected chi connectivity index (χ3v) is 4.45. The van der Waals surface area contributed by atoms with Gasteiger partial charge < -0.3 is 15.2 Å². The molecular formula is C22H24N4O2. The number of aryl methyl sites for hydroxylation is 3. The van der Waals surface area contributed by atoms with Gasteiger partial charge in [0.1, 0.15) is 5.82 Å². The first kappa shape index (κ1) is 19.4. The van der Waals surface area contributed by atoms with Crippen LogP contribution in [0.5, 0.6) is 0 Å². The first-order valence-electron chi connectivity index (χ1n) is 9.27. The molecule has 6 heteroatoms. The standard InChI is InChI=1S/C22H24N4O2/c1-16-9-10-19(17(2)15-16)25-22(28)21(27)24-11-6-13-26-14-12-23-20(26)18-7-4-3-5-8-18/h3-5,7-10,12,14-15H,6,11,13H2,1-2H3,(H,24,27)(H,25,28). The van der Waals surface area contributed by atoms with Gasteiger partial charge in [-0.3, -0.25) is 9.59 Å². The van der Waals surface area contributed by atoms with Gasteiger partial charge in [-0.15, -0.1) is 0 Å². The second kappa shape index (κ2) is 8.99. The Kier molecular flexibility index (Phi) is 6.22. The lowest BCUT2D eigenvalue weighted by molar-refractivity contribution is -0.136. The summed E-state index contributed by atoms with van der Waals surface area (Å²) in [5.74, 6) is -0.395. The Morgan fingerprint density at radius 3 is 2.57 bits per heavy atom. The number of rotatable bonds is 6. The minimum Gasteiger partial charge on any atom is -0.348 e. The van der Waals surface area contributed by atoms with Crippen LogP contribution in [0.15, 0.2) is 60.9 Å². The molecule has 2 amide bonds. The van der Waals surface area contributed by atoms with Crippen molar-refractivity contribution < 1.29 is 9.59 Å². The maximum absolute atomic E-state index is 12.1. The number of carbonyl (C=O) groups excluding carboxylic acids is 2. The quantitative estimate of drug-likeness (QED) is 0.512. The number of imidazole rings is 1. The van der Waals surface area contributed by atoms with E-state index in [1.54, 1.807) is 12.3 Å². The summed E-state index contributed by atoms with van der Waals surface area (Å²) in [5.41, 5.74) is 3.73. The molecule has 3 rings (SSSR count). The molecule has 2 aromatic carbocycles. The summed E-state index contributed by atoms with van der Waals surface area (Å²) in [7, 11) is 0. The van der Waals surface area contributed by atoms with Crippen molar-refractivity contribution in [3.8, 4) is 11.4 Å². The lowest BCUT2D eigenvalue weighted by Crippen LogP contribution is -2.36. The summed E-state index contributed by atoms with van der Waals surface area (Å²) in [6.07, 6.45) is 4.37. The van der Waals surface area contributed by atoms with Gasteiger partial charge in [0.05, 0.1) is 0 Å². The second-order valence-corrected chi connectivity index (χ2v) is 6.69. The van der Waals surface area contributed by atoms with Crippen molar-refractivity contribution in [2.45, 2.75) is 26.8 Å². The minimum atomic E-state index is -0.653. The number of hydrogen-bond donors (Lipinski definition) is 2. The van der Waals surface area contributed by atoms with Crippen LogP contribution in [0.4, 0.5) is 5.69 Å². The Labute approximate surface area is 164 Å². The number of aromatic nitrogens is 2. The van der Waals surface area contributed by atoms with Crippen LogP contribution >= 0.6 is 0 Å². The third kappa shape index (κ3) is 4.85. The average Bonchev–Trinajstić information content (AvgIpc) is 3.16. The van der Waals surface area contributed by atoms with Gasteiger partial charge in [0.2, 0.25) is 0 Å². The van der Waals surface area contributed by atoms with Gasteiger partial charge in [-0.1, -0.05) is 48.0 Å². The molecule has 0 saturated carbocycles. The topological polar surface area (TPSA) is 76.0 Å². The van der Waals surface area contributed by atoms with Crippen LogP contribution in [-0.4, -0.2) is 27.9 Å². The highest BCUT2D eigenvalue weighted by Gasteiger charge is 2.14. The molecule has 0 bridgehead atoms. The maximum Gasteiger partial charge on any atom is 0.313 e. The van der Waals surface area contributed by atoms with E-state index in [1.165, 1.54) is 0 Å². The number of hydrogen-bond acceptors (Lipinski definition) is 3. The molecule has 0 spiro atoms. The lowest BCUT2D eigenvalue weighted by Gasteiger charge is -2.10. The normalized spacial score (nSPS) is 10.5. The number of benzene rings is 2. The van der Waals surface area contributed by atoms with E-state index in [1.807, 2.05) is 67.1 Å².